The zero-order valence-corrected chi connectivity index (χ0v) is 13.4. The predicted molar refractivity (Wildman–Crippen MR) is 82.6 cm³/mol. The molecule has 0 fully saturated rings. The molecule has 0 atom stereocenters. The molecule has 3 aromatic rings. The largest absolute Gasteiger partial charge is 0.455 e. The van der Waals surface area contributed by atoms with Crippen LogP contribution in [0.4, 0.5) is 5.13 Å². The summed E-state index contributed by atoms with van der Waals surface area (Å²) in [6.07, 6.45) is 1.40. The maximum atomic E-state index is 12.2. The summed E-state index contributed by atoms with van der Waals surface area (Å²) in [6, 6.07) is 1.73. The number of amides is 1. The lowest BCUT2D eigenvalue weighted by Gasteiger charge is -2.03. The standard InChI is InChI=1S/C12H10N6O3S2/c1-7(19)14-12-15-8(5-23-12)4-21-11(20)10-9(2-3-22-10)18-6-13-16-17-18/h2-3,5-6H,4H2,1H3,(H,14,15,19). The van der Waals surface area contributed by atoms with Gasteiger partial charge in [0.15, 0.2) is 5.13 Å². The normalized spacial score (nSPS) is 10.5. The van der Waals surface area contributed by atoms with Gasteiger partial charge < -0.3 is 10.1 Å². The van der Waals surface area contributed by atoms with Crippen LogP contribution < -0.4 is 5.32 Å². The summed E-state index contributed by atoms with van der Waals surface area (Å²) in [5.74, 6) is -0.688. The van der Waals surface area contributed by atoms with Gasteiger partial charge in [0.05, 0.1) is 11.4 Å². The van der Waals surface area contributed by atoms with E-state index in [0.29, 0.717) is 21.4 Å². The average Bonchev–Trinajstić information content (AvgIpc) is 3.24. The minimum atomic E-state index is -0.487. The minimum absolute atomic E-state index is 0.0157. The molecule has 0 aliphatic heterocycles. The lowest BCUT2D eigenvalue weighted by molar-refractivity contribution is -0.114. The molecule has 3 aromatic heterocycles. The molecule has 0 aliphatic carbocycles. The summed E-state index contributed by atoms with van der Waals surface area (Å²) < 4.78 is 6.64. The molecule has 0 bridgehead atoms. The van der Waals surface area contributed by atoms with Crippen LogP contribution in [-0.4, -0.2) is 37.1 Å². The van der Waals surface area contributed by atoms with Gasteiger partial charge in [-0.15, -0.1) is 27.8 Å². The molecule has 0 unspecified atom stereocenters. The first-order valence-corrected chi connectivity index (χ1v) is 8.09. The van der Waals surface area contributed by atoms with Crippen LogP contribution in [0.5, 0.6) is 0 Å². The Morgan fingerprint density at radius 3 is 3.00 bits per heavy atom. The Balaban J connectivity index is 1.65. The van der Waals surface area contributed by atoms with Crippen LogP contribution in [0.15, 0.2) is 23.2 Å². The number of tetrazole rings is 1. The number of hydrogen-bond acceptors (Lipinski definition) is 9. The fraction of sp³-hybridized carbons (Fsp3) is 0.167. The number of anilines is 1. The molecule has 1 N–H and O–H groups in total. The highest BCUT2D eigenvalue weighted by atomic mass is 32.1. The monoisotopic (exact) mass is 350 g/mol. The van der Waals surface area contributed by atoms with Crippen LogP contribution in [0.1, 0.15) is 22.3 Å². The number of thiophene rings is 1. The van der Waals surface area contributed by atoms with Gasteiger partial charge in [0.25, 0.3) is 0 Å². The zero-order chi connectivity index (χ0) is 16.2. The third kappa shape index (κ3) is 3.57. The number of hydrogen-bond donors (Lipinski definition) is 1. The minimum Gasteiger partial charge on any atom is -0.455 e. The van der Waals surface area contributed by atoms with Crippen molar-refractivity contribution < 1.29 is 14.3 Å². The second-order valence-electron chi connectivity index (χ2n) is 4.29. The van der Waals surface area contributed by atoms with Crippen molar-refractivity contribution in [3.8, 4) is 5.69 Å². The van der Waals surface area contributed by atoms with Crippen molar-refractivity contribution in [2.24, 2.45) is 0 Å². The maximum Gasteiger partial charge on any atom is 0.350 e. The molecule has 0 spiro atoms. The topological polar surface area (TPSA) is 112 Å². The van der Waals surface area contributed by atoms with Crippen molar-refractivity contribution in [2.75, 3.05) is 5.32 Å². The molecular weight excluding hydrogens is 340 g/mol. The Labute approximate surface area is 137 Å². The fourth-order valence-corrected chi connectivity index (χ4v) is 3.21. The maximum absolute atomic E-state index is 12.2. The van der Waals surface area contributed by atoms with E-state index in [9.17, 15) is 9.59 Å². The van der Waals surface area contributed by atoms with E-state index in [1.54, 1.807) is 16.8 Å². The van der Waals surface area contributed by atoms with Crippen LogP contribution in [-0.2, 0) is 16.1 Å². The molecule has 118 valence electrons. The van der Waals surface area contributed by atoms with Crippen molar-refractivity contribution in [3.63, 3.8) is 0 Å². The molecule has 3 heterocycles. The third-order valence-corrected chi connectivity index (χ3v) is 4.30. The van der Waals surface area contributed by atoms with Gasteiger partial charge in [-0.1, -0.05) is 0 Å². The number of carbonyl (C=O) groups excluding carboxylic acids is 2. The van der Waals surface area contributed by atoms with Gasteiger partial charge in [-0.3, -0.25) is 4.79 Å². The van der Waals surface area contributed by atoms with Gasteiger partial charge in [0, 0.05) is 12.3 Å². The van der Waals surface area contributed by atoms with E-state index in [1.165, 1.54) is 40.6 Å². The van der Waals surface area contributed by atoms with Crippen LogP contribution in [0.2, 0.25) is 0 Å². The van der Waals surface area contributed by atoms with E-state index in [4.69, 9.17) is 4.74 Å². The Kier molecular flexibility index (Phi) is 4.39. The van der Waals surface area contributed by atoms with Gasteiger partial charge in [0.1, 0.15) is 17.8 Å². The summed E-state index contributed by atoms with van der Waals surface area (Å²) >= 11 is 2.50. The van der Waals surface area contributed by atoms with Gasteiger partial charge >= 0.3 is 5.97 Å². The summed E-state index contributed by atoms with van der Waals surface area (Å²) in [4.78, 5) is 27.7. The lowest BCUT2D eigenvalue weighted by atomic mass is 10.4. The lowest BCUT2D eigenvalue weighted by Crippen LogP contribution is -2.08. The second-order valence-corrected chi connectivity index (χ2v) is 6.06. The van der Waals surface area contributed by atoms with Crippen LogP contribution in [0.3, 0.4) is 0 Å². The molecule has 0 aromatic carbocycles. The number of nitrogens with one attached hydrogen (secondary N) is 1. The van der Waals surface area contributed by atoms with Gasteiger partial charge in [-0.25, -0.2) is 9.78 Å². The Morgan fingerprint density at radius 2 is 2.26 bits per heavy atom. The van der Waals surface area contributed by atoms with E-state index < -0.39 is 5.97 Å². The van der Waals surface area contributed by atoms with Crippen molar-refractivity contribution >= 4 is 39.7 Å². The highest BCUT2D eigenvalue weighted by molar-refractivity contribution is 7.14. The summed E-state index contributed by atoms with van der Waals surface area (Å²) in [5, 5.41) is 17.3. The Bertz CT molecular complexity index is 826. The summed E-state index contributed by atoms with van der Waals surface area (Å²) in [5.41, 5.74) is 1.12. The summed E-state index contributed by atoms with van der Waals surface area (Å²) in [7, 11) is 0. The fourth-order valence-electron chi connectivity index (χ4n) is 1.69. The molecule has 11 heteroatoms. The van der Waals surface area contributed by atoms with E-state index in [-0.39, 0.29) is 12.5 Å². The quantitative estimate of drug-likeness (QED) is 0.694. The molecule has 0 aliphatic rings. The molecule has 3 rings (SSSR count). The highest BCUT2D eigenvalue weighted by Crippen LogP contribution is 2.22. The van der Waals surface area contributed by atoms with E-state index in [1.807, 2.05) is 0 Å². The van der Waals surface area contributed by atoms with Crippen LogP contribution in [0, 0.1) is 0 Å². The zero-order valence-electron chi connectivity index (χ0n) is 11.8. The first kappa shape index (κ1) is 15.2. The molecule has 23 heavy (non-hydrogen) atoms. The molecular formula is C12H10N6O3S2. The number of carbonyl (C=O) groups is 2. The van der Waals surface area contributed by atoms with Crippen molar-refractivity contribution in [2.45, 2.75) is 13.5 Å². The summed E-state index contributed by atoms with van der Waals surface area (Å²) in [6.45, 7) is 1.42. The van der Waals surface area contributed by atoms with Crippen molar-refractivity contribution in [1.29, 1.82) is 0 Å². The smallest absolute Gasteiger partial charge is 0.350 e. The number of nitrogens with zero attached hydrogens (tertiary/aromatic N) is 5. The number of rotatable bonds is 5. The average molecular weight is 350 g/mol. The number of aromatic nitrogens is 5. The predicted octanol–water partition coefficient (Wildman–Crippen LogP) is 1.50. The van der Waals surface area contributed by atoms with E-state index in [2.05, 4.69) is 25.8 Å². The molecule has 1 amide bonds. The first-order chi connectivity index (χ1) is 11.1. The van der Waals surface area contributed by atoms with E-state index in [0.717, 1.165) is 0 Å². The molecule has 9 nitrogen and oxygen atoms in total. The van der Waals surface area contributed by atoms with Gasteiger partial charge in [-0.05, 0) is 21.9 Å². The third-order valence-electron chi connectivity index (χ3n) is 2.61. The number of esters is 1. The molecule has 0 radical (unpaired) electrons. The van der Waals surface area contributed by atoms with Gasteiger partial charge in [0.2, 0.25) is 5.91 Å². The molecule has 0 saturated carbocycles. The van der Waals surface area contributed by atoms with Crippen LogP contribution >= 0.6 is 22.7 Å². The second kappa shape index (κ2) is 6.62. The SMILES string of the molecule is CC(=O)Nc1nc(COC(=O)c2sccc2-n2cnnn2)cs1. The Morgan fingerprint density at radius 1 is 1.39 bits per heavy atom. The van der Waals surface area contributed by atoms with E-state index >= 15 is 0 Å². The molecule has 0 saturated heterocycles. The first-order valence-electron chi connectivity index (χ1n) is 6.33. The Hall–Kier alpha value is -2.66. The van der Waals surface area contributed by atoms with Crippen molar-refractivity contribution in [1.82, 2.24) is 25.2 Å². The van der Waals surface area contributed by atoms with Crippen molar-refractivity contribution in [3.05, 3.63) is 33.7 Å². The number of thiazole rings is 1. The van der Waals surface area contributed by atoms with Gasteiger partial charge in [-0.2, -0.15) is 4.68 Å². The number of ether oxygens (including phenoxy) is 1. The highest BCUT2D eigenvalue weighted by Gasteiger charge is 2.17. The van der Waals surface area contributed by atoms with Crippen LogP contribution in [0.25, 0.3) is 5.69 Å².